The molecule has 1 aromatic carbocycles. The van der Waals surface area contributed by atoms with Crippen molar-refractivity contribution < 1.29 is 4.79 Å². The van der Waals surface area contributed by atoms with E-state index in [0.29, 0.717) is 17.1 Å². The molecule has 6 heteroatoms. The first-order valence-corrected chi connectivity index (χ1v) is 5.87. The minimum atomic E-state index is -0.388. The average molecular weight is 272 g/mol. The van der Waals surface area contributed by atoms with Crippen LogP contribution in [0.2, 0.25) is 5.02 Å². The lowest BCUT2D eigenvalue weighted by atomic mass is 10.2. The number of thiocarbonyl (C=S) groups is 1. The molecule has 0 spiro atoms. The minimum Gasteiger partial charge on any atom is -0.389 e. The van der Waals surface area contributed by atoms with E-state index in [9.17, 15) is 4.79 Å². The Morgan fingerprint density at radius 1 is 1.47 bits per heavy atom. The molecule has 0 fully saturated rings. The summed E-state index contributed by atoms with van der Waals surface area (Å²) in [6, 6.07) is 5.28. The van der Waals surface area contributed by atoms with Crippen molar-refractivity contribution in [2.45, 2.75) is 6.92 Å². The van der Waals surface area contributed by atoms with Crippen molar-refractivity contribution in [3.63, 3.8) is 0 Å². The van der Waals surface area contributed by atoms with E-state index in [2.05, 4.69) is 0 Å². The second-order valence-corrected chi connectivity index (χ2v) is 4.36. The smallest absolute Gasteiger partial charge is 0.236 e. The second-order valence-electron chi connectivity index (χ2n) is 3.51. The predicted molar refractivity (Wildman–Crippen MR) is 74.4 cm³/mol. The Labute approximate surface area is 111 Å². The number of carbonyl (C=O) groups excluding carboxylic acids is 1. The molecule has 0 radical (unpaired) electrons. The SMILES string of the molecule is CCN(CC(N)=O)c1ccc(C(N)=S)c(Cl)c1. The van der Waals surface area contributed by atoms with Crippen LogP contribution in [0.1, 0.15) is 12.5 Å². The van der Waals surface area contributed by atoms with E-state index in [1.54, 1.807) is 12.1 Å². The number of rotatable bonds is 5. The number of hydrogen-bond acceptors (Lipinski definition) is 3. The number of anilines is 1. The summed E-state index contributed by atoms with van der Waals surface area (Å²) < 4.78 is 0. The molecule has 0 aromatic heterocycles. The Morgan fingerprint density at radius 2 is 2.12 bits per heavy atom. The molecule has 0 bridgehead atoms. The standard InChI is InChI=1S/C11H14ClN3OS/c1-2-15(6-10(13)16)7-3-4-8(11(14)17)9(12)5-7/h3-5H,2,6H2,1H3,(H2,13,16)(H2,14,17). The average Bonchev–Trinajstić information content (AvgIpc) is 2.24. The lowest BCUT2D eigenvalue weighted by Gasteiger charge is -2.22. The van der Waals surface area contributed by atoms with Gasteiger partial charge in [-0.3, -0.25) is 4.79 Å². The fourth-order valence-corrected chi connectivity index (χ4v) is 1.98. The molecule has 92 valence electrons. The van der Waals surface area contributed by atoms with Crippen LogP contribution in [0.4, 0.5) is 5.69 Å². The summed E-state index contributed by atoms with van der Waals surface area (Å²) in [4.78, 5) is 13.0. The van der Waals surface area contributed by atoms with Gasteiger partial charge in [0.1, 0.15) is 4.99 Å². The van der Waals surface area contributed by atoms with Crippen LogP contribution in [0.3, 0.4) is 0 Å². The summed E-state index contributed by atoms with van der Waals surface area (Å²) in [5, 5.41) is 0.470. The van der Waals surface area contributed by atoms with Crippen molar-refractivity contribution in [2.75, 3.05) is 18.0 Å². The Kier molecular flexibility index (Phi) is 4.72. The lowest BCUT2D eigenvalue weighted by molar-refractivity contribution is -0.116. The van der Waals surface area contributed by atoms with Gasteiger partial charge in [-0.2, -0.15) is 0 Å². The zero-order chi connectivity index (χ0) is 13.0. The highest BCUT2D eigenvalue weighted by Gasteiger charge is 2.10. The van der Waals surface area contributed by atoms with Crippen molar-refractivity contribution in [1.82, 2.24) is 0 Å². The fraction of sp³-hybridized carbons (Fsp3) is 0.273. The number of hydrogen-bond donors (Lipinski definition) is 2. The van der Waals surface area contributed by atoms with Gasteiger partial charge in [0.2, 0.25) is 5.91 Å². The van der Waals surface area contributed by atoms with Crippen molar-refractivity contribution in [3.8, 4) is 0 Å². The number of benzene rings is 1. The van der Waals surface area contributed by atoms with E-state index in [4.69, 9.17) is 35.3 Å². The quantitative estimate of drug-likeness (QED) is 0.792. The molecule has 4 N–H and O–H groups in total. The van der Waals surface area contributed by atoms with Gasteiger partial charge in [-0.1, -0.05) is 23.8 Å². The van der Waals surface area contributed by atoms with Crippen LogP contribution < -0.4 is 16.4 Å². The van der Waals surface area contributed by atoms with Gasteiger partial charge in [0.25, 0.3) is 0 Å². The van der Waals surface area contributed by atoms with Crippen LogP contribution in [-0.2, 0) is 4.79 Å². The molecule has 0 saturated heterocycles. The molecule has 0 unspecified atom stereocenters. The van der Waals surface area contributed by atoms with Crippen molar-refractivity contribution in [2.24, 2.45) is 11.5 Å². The van der Waals surface area contributed by atoms with Gasteiger partial charge in [-0.25, -0.2) is 0 Å². The first kappa shape index (κ1) is 13.7. The first-order valence-electron chi connectivity index (χ1n) is 5.08. The number of primary amides is 1. The summed E-state index contributed by atoms with van der Waals surface area (Å²) >= 11 is 10.9. The molecule has 0 saturated carbocycles. The van der Waals surface area contributed by atoms with Crippen LogP contribution in [-0.4, -0.2) is 24.0 Å². The third kappa shape index (κ3) is 3.57. The number of carbonyl (C=O) groups is 1. The highest BCUT2D eigenvalue weighted by molar-refractivity contribution is 7.80. The van der Waals surface area contributed by atoms with Gasteiger partial charge in [0.05, 0.1) is 11.6 Å². The zero-order valence-corrected chi connectivity index (χ0v) is 11.0. The molecule has 0 aliphatic heterocycles. The molecule has 1 amide bonds. The first-order chi connectivity index (χ1) is 7.95. The van der Waals surface area contributed by atoms with Gasteiger partial charge in [-0.05, 0) is 25.1 Å². The van der Waals surface area contributed by atoms with E-state index >= 15 is 0 Å². The highest BCUT2D eigenvalue weighted by atomic mass is 35.5. The molecule has 17 heavy (non-hydrogen) atoms. The van der Waals surface area contributed by atoms with Gasteiger partial charge in [-0.15, -0.1) is 0 Å². The zero-order valence-electron chi connectivity index (χ0n) is 9.44. The molecule has 0 aliphatic carbocycles. The van der Waals surface area contributed by atoms with Crippen molar-refractivity contribution in [3.05, 3.63) is 28.8 Å². The molecule has 1 aromatic rings. The maximum absolute atomic E-state index is 10.9. The van der Waals surface area contributed by atoms with Crippen LogP contribution >= 0.6 is 23.8 Å². The third-order valence-electron chi connectivity index (χ3n) is 2.31. The van der Waals surface area contributed by atoms with Crippen LogP contribution in [0.15, 0.2) is 18.2 Å². The normalized spacial score (nSPS) is 10.0. The summed E-state index contributed by atoms with van der Waals surface area (Å²) in [5.41, 5.74) is 12.1. The number of likely N-dealkylation sites (N-methyl/N-ethyl adjacent to an activating group) is 1. The van der Waals surface area contributed by atoms with Gasteiger partial charge >= 0.3 is 0 Å². The Balaban J connectivity index is 3.02. The molecular formula is C11H14ClN3OS. The van der Waals surface area contributed by atoms with E-state index in [1.807, 2.05) is 17.9 Å². The second kappa shape index (κ2) is 5.84. The third-order valence-corrected chi connectivity index (χ3v) is 2.84. The largest absolute Gasteiger partial charge is 0.389 e. The van der Waals surface area contributed by atoms with E-state index in [0.717, 1.165) is 5.69 Å². The fourth-order valence-electron chi connectivity index (χ4n) is 1.47. The topological polar surface area (TPSA) is 72.3 Å². The Morgan fingerprint density at radius 3 is 2.53 bits per heavy atom. The van der Waals surface area contributed by atoms with Crippen LogP contribution in [0, 0.1) is 0 Å². The lowest BCUT2D eigenvalue weighted by Crippen LogP contribution is -2.33. The molecule has 0 atom stereocenters. The van der Waals surface area contributed by atoms with Crippen molar-refractivity contribution in [1.29, 1.82) is 0 Å². The number of nitrogens with two attached hydrogens (primary N) is 2. The summed E-state index contributed by atoms with van der Waals surface area (Å²) in [6.07, 6.45) is 0. The maximum Gasteiger partial charge on any atom is 0.236 e. The monoisotopic (exact) mass is 271 g/mol. The van der Waals surface area contributed by atoms with Gasteiger partial charge < -0.3 is 16.4 Å². The Bertz CT molecular complexity index is 450. The van der Waals surface area contributed by atoms with Crippen molar-refractivity contribution >= 4 is 40.4 Å². The molecule has 1 rings (SSSR count). The molecule has 0 heterocycles. The van der Waals surface area contributed by atoms with Crippen LogP contribution in [0.25, 0.3) is 0 Å². The van der Waals surface area contributed by atoms with E-state index in [-0.39, 0.29) is 17.4 Å². The maximum atomic E-state index is 10.9. The van der Waals surface area contributed by atoms with Crippen LogP contribution in [0.5, 0.6) is 0 Å². The Hall–Kier alpha value is -1.33. The summed E-state index contributed by atoms with van der Waals surface area (Å²) in [5.74, 6) is -0.388. The predicted octanol–water partition coefficient (Wildman–Crippen LogP) is 1.29. The number of nitrogens with zero attached hydrogens (tertiary/aromatic N) is 1. The van der Waals surface area contributed by atoms with E-state index in [1.165, 1.54) is 0 Å². The summed E-state index contributed by atoms with van der Waals surface area (Å²) in [7, 11) is 0. The van der Waals surface area contributed by atoms with Gasteiger partial charge in [0, 0.05) is 17.8 Å². The number of amides is 1. The molecule has 0 aliphatic rings. The number of halogens is 1. The van der Waals surface area contributed by atoms with Gasteiger partial charge in [0.15, 0.2) is 0 Å². The molecular weight excluding hydrogens is 258 g/mol. The highest BCUT2D eigenvalue weighted by Crippen LogP contribution is 2.23. The minimum absolute atomic E-state index is 0.152. The summed E-state index contributed by atoms with van der Waals surface area (Å²) in [6.45, 7) is 2.74. The van der Waals surface area contributed by atoms with E-state index < -0.39 is 0 Å². The molecule has 4 nitrogen and oxygen atoms in total.